The Hall–Kier alpha value is -4.89. The number of anilines is 1. The van der Waals surface area contributed by atoms with Gasteiger partial charge in [-0.25, -0.2) is 9.79 Å². The maximum atomic E-state index is 14.2. The van der Waals surface area contributed by atoms with E-state index in [1.807, 2.05) is 84.9 Å². The van der Waals surface area contributed by atoms with E-state index in [0.29, 0.717) is 37.9 Å². The van der Waals surface area contributed by atoms with Crippen molar-refractivity contribution >= 4 is 46.4 Å². The predicted octanol–water partition coefficient (Wildman–Crippen LogP) is 5.05. The third kappa shape index (κ3) is 5.24. The fraction of sp³-hybridized carbons (Fsp3) is 0.229. The monoisotopic (exact) mass is 604 g/mol. The number of ether oxygens (including phenoxy) is 1. The van der Waals surface area contributed by atoms with E-state index >= 15 is 0 Å². The first-order valence-electron chi connectivity index (χ1n) is 14.6. The molecule has 9 heteroatoms. The molecule has 3 heterocycles. The third-order valence-corrected chi connectivity index (χ3v) is 8.80. The Kier molecular flexibility index (Phi) is 7.97. The molecule has 0 aliphatic carbocycles. The van der Waals surface area contributed by atoms with Gasteiger partial charge in [0, 0.05) is 5.56 Å². The van der Waals surface area contributed by atoms with Crippen molar-refractivity contribution in [2.75, 3.05) is 11.6 Å². The second-order valence-electron chi connectivity index (χ2n) is 11.0. The highest BCUT2D eigenvalue weighted by atomic mass is 32.1. The molecule has 0 fully saturated rings. The Labute approximate surface area is 259 Å². The highest BCUT2D eigenvalue weighted by Gasteiger charge is 2.37. The third-order valence-electron chi connectivity index (χ3n) is 7.79. The zero-order valence-corrected chi connectivity index (χ0v) is 25.7. The van der Waals surface area contributed by atoms with Crippen molar-refractivity contribution in [2.24, 2.45) is 16.0 Å². The minimum absolute atomic E-state index is 0.175. The van der Waals surface area contributed by atoms with Crippen molar-refractivity contribution in [3.8, 4) is 0 Å². The highest BCUT2D eigenvalue weighted by Crippen LogP contribution is 2.35. The minimum Gasteiger partial charge on any atom is -0.463 e. The summed E-state index contributed by atoms with van der Waals surface area (Å²) < 4.78 is 7.47. The molecule has 2 aliphatic heterocycles. The zero-order valence-electron chi connectivity index (χ0n) is 24.9. The highest BCUT2D eigenvalue weighted by molar-refractivity contribution is 7.07. The van der Waals surface area contributed by atoms with Gasteiger partial charge in [0.25, 0.3) is 11.5 Å². The van der Waals surface area contributed by atoms with Gasteiger partial charge < -0.3 is 4.74 Å². The fourth-order valence-electron chi connectivity index (χ4n) is 5.51. The smallest absolute Gasteiger partial charge is 0.338 e. The first-order valence-corrected chi connectivity index (χ1v) is 15.4. The molecule has 6 rings (SSSR count). The molecule has 44 heavy (non-hydrogen) atoms. The van der Waals surface area contributed by atoms with Crippen molar-refractivity contribution in [2.45, 2.75) is 39.7 Å². The van der Waals surface area contributed by atoms with Crippen LogP contribution in [-0.2, 0) is 14.3 Å². The number of fused-ring (bicyclic) bond motifs is 1. The lowest BCUT2D eigenvalue weighted by Crippen LogP contribution is -2.40. The van der Waals surface area contributed by atoms with Gasteiger partial charge in [-0.05, 0) is 49.1 Å². The molecule has 222 valence electrons. The van der Waals surface area contributed by atoms with Gasteiger partial charge in [0.15, 0.2) is 4.80 Å². The second kappa shape index (κ2) is 12.0. The summed E-state index contributed by atoms with van der Waals surface area (Å²) in [7, 11) is 0. The van der Waals surface area contributed by atoms with E-state index < -0.39 is 17.9 Å². The predicted molar refractivity (Wildman–Crippen MR) is 173 cm³/mol. The number of aromatic nitrogens is 1. The fourth-order valence-corrected chi connectivity index (χ4v) is 6.52. The maximum Gasteiger partial charge on any atom is 0.338 e. The van der Waals surface area contributed by atoms with E-state index in [2.05, 4.69) is 18.9 Å². The standard InChI is InChI=1S/C35H32N4O4S/c1-5-43-34(42)29-30(24-12-8-6-9-13-24)36-35-38(31(29)25-18-16-23(17-19-25)21(2)3)33(41)28(44-35)20-27-22(4)37-39(32(27)40)26-14-10-7-11-15-26/h6-21,27,31H,5H2,1-4H3/b28-20+/t27-,31+/m0/s1. The molecule has 0 radical (unpaired) electrons. The Balaban J connectivity index is 1.55. The molecule has 0 saturated heterocycles. The molecule has 1 aromatic heterocycles. The van der Waals surface area contributed by atoms with Gasteiger partial charge in [-0.3, -0.25) is 14.2 Å². The van der Waals surface area contributed by atoms with Gasteiger partial charge in [0.2, 0.25) is 0 Å². The van der Waals surface area contributed by atoms with Crippen LogP contribution in [0.25, 0.3) is 11.8 Å². The molecule has 3 aromatic carbocycles. The summed E-state index contributed by atoms with van der Waals surface area (Å²) in [6, 6.07) is 25.8. The zero-order chi connectivity index (χ0) is 31.0. The van der Waals surface area contributed by atoms with E-state index in [9.17, 15) is 14.4 Å². The Morgan fingerprint density at radius 3 is 2.27 bits per heavy atom. The van der Waals surface area contributed by atoms with Crippen LogP contribution >= 0.6 is 11.3 Å². The quantitative estimate of drug-likeness (QED) is 0.276. The SMILES string of the molecule is CCOC(=O)C1=C(c2ccccc2)N=c2s/c(=C/[C@@H]3C(=O)N(c4ccccc4)N=C3C)c(=O)n2[C@@H]1c1ccc(C(C)C)cc1. The first-order chi connectivity index (χ1) is 21.3. The molecule has 0 spiro atoms. The molecule has 0 saturated carbocycles. The summed E-state index contributed by atoms with van der Waals surface area (Å²) in [5, 5.41) is 5.87. The lowest BCUT2D eigenvalue weighted by atomic mass is 9.91. The summed E-state index contributed by atoms with van der Waals surface area (Å²) in [6.07, 6.45) is 1.67. The van der Waals surface area contributed by atoms with Gasteiger partial charge in [-0.15, -0.1) is 0 Å². The molecule has 8 nitrogen and oxygen atoms in total. The van der Waals surface area contributed by atoms with Crippen LogP contribution in [0.1, 0.15) is 56.3 Å². The van der Waals surface area contributed by atoms with E-state index in [0.717, 1.165) is 16.7 Å². The van der Waals surface area contributed by atoms with Crippen molar-refractivity contribution in [1.29, 1.82) is 0 Å². The van der Waals surface area contributed by atoms with E-state index in [-0.39, 0.29) is 18.1 Å². The van der Waals surface area contributed by atoms with Gasteiger partial charge in [-0.2, -0.15) is 10.1 Å². The van der Waals surface area contributed by atoms with Crippen molar-refractivity contribution in [3.63, 3.8) is 0 Å². The van der Waals surface area contributed by atoms with Gasteiger partial charge in [0.05, 0.1) is 39.9 Å². The minimum atomic E-state index is -0.779. The molecular weight excluding hydrogens is 572 g/mol. The molecule has 1 amide bonds. The van der Waals surface area contributed by atoms with E-state index in [1.165, 1.54) is 16.3 Å². The summed E-state index contributed by atoms with van der Waals surface area (Å²) >= 11 is 1.20. The van der Waals surface area contributed by atoms with Crippen molar-refractivity contribution in [3.05, 3.63) is 127 Å². The first kappa shape index (κ1) is 29.2. The number of para-hydroxylation sites is 1. The van der Waals surface area contributed by atoms with Crippen LogP contribution in [0.3, 0.4) is 0 Å². The van der Waals surface area contributed by atoms with Crippen LogP contribution in [-0.4, -0.2) is 28.8 Å². The van der Waals surface area contributed by atoms with Gasteiger partial charge in [0.1, 0.15) is 5.92 Å². The molecular formula is C35H32N4O4S. The summed E-state index contributed by atoms with van der Waals surface area (Å²) in [5.74, 6) is -1.17. The number of rotatable bonds is 7. The Morgan fingerprint density at radius 1 is 0.977 bits per heavy atom. The van der Waals surface area contributed by atoms with Crippen LogP contribution in [0, 0.1) is 5.92 Å². The summed E-state index contributed by atoms with van der Waals surface area (Å²) in [6.45, 7) is 7.94. The Morgan fingerprint density at radius 2 is 1.64 bits per heavy atom. The van der Waals surface area contributed by atoms with Crippen LogP contribution in [0.15, 0.2) is 105 Å². The number of carbonyl (C=O) groups is 2. The number of nitrogens with zero attached hydrogens (tertiary/aromatic N) is 4. The largest absolute Gasteiger partial charge is 0.463 e. The van der Waals surface area contributed by atoms with Gasteiger partial charge >= 0.3 is 5.97 Å². The van der Waals surface area contributed by atoms with Crippen molar-refractivity contribution < 1.29 is 14.3 Å². The molecule has 0 bridgehead atoms. The summed E-state index contributed by atoms with van der Waals surface area (Å²) in [4.78, 5) is 46.7. The molecule has 4 aromatic rings. The average Bonchev–Trinajstić information content (AvgIpc) is 3.51. The van der Waals surface area contributed by atoms with E-state index in [1.54, 1.807) is 24.5 Å². The number of amides is 1. The Bertz CT molecular complexity index is 1970. The maximum absolute atomic E-state index is 14.2. The molecule has 0 unspecified atom stereocenters. The van der Waals surface area contributed by atoms with Gasteiger partial charge in [-0.1, -0.05) is 98.0 Å². The summed E-state index contributed by atoms with van der Waals surface area (Å²) in [5.41, 5.74) is 4.30. The number of hydrogen-bond acceptors (Lipinski definition) is 7. The van der Waals surface area contributed by atoms with Crippen LogP contribution < -0.4 is 19.9 Å². The number of carbonyl (C=O) groups excluding carboxylic acids is 2. The van der Waals surface area contributed by atoms with Crippen LogP contribution in [0.2, 0.25) is 0 Å². The number of benzene rings is 3. The lowest BCUT2D eigenvalue weighted by molar-refractivity contribution is -0.138. The normalized spacial score (nSPS) is 18.4. The van der Waals surface area contributed by atoms with Crippen LogP contribution in [0.5, 0.6) is 0 Å². The lowest BCUT2D eigenvalue weighted by Gasteiger charge is -2.26. The molecule has 2 aliphatic rings. The van der Waals surface area contributed by atoms with Crippen LogP contribution in [0.4, 0.5) is 5.69 Å². The number of hydrogen-bond donors (Lipinski definition) is 0. The van der Waals surface area contributed by atoms with Crippen molar-refractivity contribution in [1.82, 2.24) is 4.57 Å². The number of hydrazone groups is 1. The topological polar surface area (TPSA) is 93.3 Å². The number of thiazole rings is 1. The van der Waals surface area contributed by atoms with E-state index in [4.69, 9.17) is 9.73 Å². The average molecular weight is 605 g/mol. The second-order valence-corrected chi connectivity index (χ2v) is 12.0. The molecule has 2 atom stereocenters. The number of esters is 1. The molecule has 0 N–H and O–H groups in total.